The Morgan fingerprint density at radius 3 is 2.79 bits per heavy atom. The number of rotatable bonds is 3. The Morgan fingerprint density at radius 2 is 1.93 bits per heavy atom. The molecule has 1 amide bonds. The summed E-state index contributed by atoms with van der Waals surface area (Å²) in [5, 5.41) is 9.37. The summed E-state index contributed by atoms with van der Waals surface area (Å²) in [6.45, 7) is 4.52. The molecule has 6 heteroatoms. The third kappa shape index (κ3) is 3.97. The molecule has 0 aromatic rings. The van der Waals surface area contributed by atoms with Crippen LogP contribution in [0.3, 0.4) is 0 Å². The maximum Gasteiger partial charge on any atom is 0.237 e. The van der Waals surface area contributed by atoms with Gasteiger partial charge in [0.15, 0.2) is 0 Å². The third-order valence-electron chi connectivity index (χ3n) is 8.91. The molecule has 0 aromatic carbocycles. The van der Waals surface area contributed by atoms with Gasteiger partial charge in [0.25, 0.3) is 0 Å². The first kappa shape index (κ1) is 20.2. The van der Waals surface area contributed by atoms with Crippen LogP contribution in [0.2, 0.25) is 0 Å². The summed E-state index contributed by atoms with van der Waals surface area (Å²) in [7, 11) is 0. The second-order valence-corrected chi connectivity index (χ2v) is 10.6. The van der Waals surface area contributed by atoms with Gasteiger partial charge in [-0.1, -0.05) is 13.3 Å². The lowest BCUT2D eigenvalue weighted by Gasteiger charge is -2.43. The van der Waals surface area contributed by atoms with Crippen molar-refractivity contribution in [2.24, 2.45) is 23.7 Å². The Hall–Kier alpha value is -0.720. The third-order valence-corrected chi connectivity index (χ3v) is 8.91. The number of fused-ring (bicyclic) bond motifs is 2. The minimum atomic E-state index is -0.741. The highest BCUT2D eigenvalue weighted by Gasteiger charge is 2.47. The fourth-order valence-corrected chi connectivity index (χ4v) is 7.41. The first-order valence-electron chi connectivity index (χ1n) is 12.3. The average molecular weight is 407 g/mol. The summed E-state index contributed by atoms with van der Waals surface area (Å²) in [5.74, 6) is 2.13. The van der Waals surface area contributed by atoms with E-state index in [9.17, 15) is 9.18 Å². The molecule has 5 nitrogen and oxygen atoms in total. The van der Waals surface area contributed by atoms with Gasteiger partial charge >= 0.3 is 0 Å². The van der Waals surface area contributed by atoms with Gasteiger partial charge in [-0.3, -0.25) is 10.2 Å². The molecule has 3 heterocycles. The molecule has 0 aromatic heterocycles. The molecule has 9 atom stereocenters. The Labute approximate surface area is 174 Å². The Morgan fingerprint density at radius 1 is 1.03 bits per heavy atom. The zero-order valence-electron chi connectivity index (χ0n) is 17.9. The van der Waals surface area contributed by atoms with Crippen molar-refractivity contribution in [3.63, 3.8) is 0 Å². The van der Waals surface area contributed by atoms with Gasteiger partial charge < -0.3 is 10.6 Å². The zero-order valence-corrected chi connectivity index (χ0v) is 17.9. The molecular weight excluding hydrogens is 367 g/mol. The van der Waals surface area contributed by atoms with Gasteiger partial charge in [-0.15, -0.1) is 0 Å². The van der Waals surface area contributed by atoms with Gasteiger partial charge in [0.05, 0.1) is 6.04 Å². The van der Waals surface area contributed by atoms with Crippen LogP contribution in [0.5, 0.6) is 0 Å². The normalized spacial score (nSPS) is 48.1. The summed E-state index contributed by atoms with van der Waals surface area (Å²) in [6.07, 6.45) is 10.2. The standard InChI is InChI=1S/C23H39FN4O/c1-14-7-8-19(24)18-13-20(27-22(14)18)23(29)26-16-5-2-4-15(12-16)17-6-3-11-28-21(17)9-10-25-28/h14-22,25,27H,2-13H2,1H3,(H,26,29). The van der Waals surface area contributed by atoms with Crippen LogP contribution >= 0.6 is 0 Å². The first-order chi connectivity index (χ1) is 14.1. The largest absolute Gasteiger partial charge is 0.352 e. The lowest BCUT2D eigenvalue weighted by atomic mass is 9.71. The number of halogens is 1. The lowest BCUT2D eigenvalue weighted by Crippen LogP contribution is -2.51. The van der Waals surface area contributed by atoms with Gasteiger partial charge in [-0.05, 0) is 75.5 Å². The highest BCUT2D eigenvalue weighted by atomic mass is 19.1. The summed E-state index contributed by atoms with van der Waals surface area (Å²) >= 11 is 0. The fourth-order valence-electron chi connectivity index (χ4n) is 7.41. The monoisotopic (exact) mass is 406 g/mol. The second-order valence-electron chi connectivity index (χ2n) is 10.6. The molecule has 0 radical (unpaired) electrons. The van der Waals surface area contributed by atoms with Crippen molar-refractivity contribution in [3.05, 3.63) is 0 Å². The van der Waals surface area contributed by atoms with Crippen LogP contribution in [-0.2, 0) is 4.79 Å². The van der Waals surface area contributed by atoms with Crippen LogP contribution in [-0.4, -0.2) is 54.3 Å². The molecule has 164 valence electrons. The number of nitrogens with one attached hydrogen (secondary N) is 3. The van der Waals surface area contributed by atoms with Crippen LogP contribution in [0.25, 0.3) is 0 Å². The van der Waals surface area contributed by atoms with E-state index in [2.05, 4.69) is 28.0 Å². The van der Waals surface area contributed by atoms with Gasteiger partial charge in [0, 0.05) is 37.1 Å². The van der Waals surface area contributed by atoms with E-state index in [1.165, 1.54) is 38.6 Å². The van der Waals surface area contributed by atoms with Gasteiger partial charge in [-0.25, -0.2) is 9.40 Å². The maximum atomic E-state index is 14.4. The highest BCUT2D eigenvalue weighted by molar-refractivity contribution is 5.82. The van der Waals surface area contributed by atoms with E-state index in [-0.39, 0.29) is 23.9 Å². The first-order valence-corrected chi connectivity index (χ1v) is 12.3. The molecule has 3 aliphatic heterocycles. The molecule has 2 saturated carbocycles. The van der Waals surface area contributed by atoms with Crippen molar-refractivity contribution in [2.45, 2.75) is 101 Å². The number of carbonyl (C=O) groups excluding carboxylic acids is 1. The van der Waals surface area contributed by atoms with E-state index in [4.69, 9.17) is 0 Å². The lowest BCUT2D eigenvalue weighted by molar-refractivity contribution is -0.124. The zero-order chi connectivity index (χ0) is 20.0. The molecule has 9 unspecified atom stereocenters. The molecule has 3 saturated heterocycles. The van der Waals surface area contributed by atoms with Crippen molar-refractivity contribution < 1.29 is 9.18 Å². The number of hydrogen-bond acceptors (Lipinski definition) is 4. The van der Waals surface area contributed by atoms with Crippen LogP contribution in [0.15, 0.2) is 0 Å². The van der Waals surface area contributed by atoms with Crippen LogP contribution in [0.1, 0.15) is 71.1 Å². The average Bonchev–Trinajstić information content (AvgIpc) is 3.38. The van der Waals surface area contributed by atoms with Gasteiger partial charge in [0.1, 0.15) is 6.17 Å². The van der Waals surface area contributed by atoms with Crippen molar-refractivity contribution in [1.29, 1.82) is 0 Å². The van der Waals surface area contributed by atoms with E-state index in [1.807, 2.05) is 0 Å². The summed E-state index contributed by atoms with van der Waals surface area (Å²) in [6, 6.07) is 0.977. The number of carbonyl (C=O) groups is 1. The Balaban J connectivity index is 1.17. The van der Waals surface area contributed by atoms with Crippen molar-refractivity contribution in [3.8, 4) is 0 Å². The number of alkyl halides is 1. The Kier molecular flexibility index (Phi) is 5.87. The van der Waals surface area contributed by atoms with Crippen molar-refractivity contribution in [1.82, 2.24) is 21.1 Å². The van der Waals surface area contributed by atoms with E-state index in [0.29, 0.717) is 30.8 Å². The molecule has 0 bridgehead atoms. The van der Waals surface area contributed by atoms with Crippen molar-refractivity contribution >= 4 is 5.91 Å². The van der Waals surface area contributed by atoms with Crippen LogP contribution in [0.4, 0.5) is 4.39 Å². The van der Waals surface area contributed by atoms with E-state index in [0.717, 1.165) is 37.6 Å². The molecule has 5 aliphatic rings. The number of amides is 1. The van der Waals surface area contributed by atoms with Gasteiger partial charge in [-0.2, -0.15) is 0 Å². The maximum absolute atomic E-state index is 14.4. The molecule has 2 aliphatic carbocycles. The summed E-state index contributed by atoms with van der Waals surface area (Å²) in [4.78, 5) is 13.0. The predicted octanol–water partition coefficient (Wildman–Crippen LogP) is 2.77. The molecule has 3 N–H and O–H groups in total. The SMILES string of the molecule is CC1CCC(F)C2CC(C(=O)NC3CCCC(C4CCCN5NCCC45)C3)NC12. The van der Waals surface area contributed by atoms with Crippen LogP contribution in [0, 0.1) is 23.7 Å². The van der Waals surface area contributed by atoms with E-state index in [1.54, 1.807) is 0 Å². The second kappa shape index (κ2) is 8.43. The molecule has 0 spiro atoms. The molecule has 5 rings (SSSR count). The van der Waals surface area contributed by atoms with E-state index >= 15 is 0 Å². The number of hydrogen-bond donors (Lipinski definition) is 3. The molecular formula is C23H39FN4O. The topological polar surface area (TPSA) is 56.4 Å². The predicted molar refractivity (Wildman–Crippen MR) is 112 cm³/mol. The van der Waals surface area contributed by atoms with Crippen molar-refractivity contribution in [2.75, 3.05) is 13.1 Å². The minimum Gasteiger partial charge on any atom is -0.352 e. The van der Waals surface area contributed by atoms with E-state index < -0.39 is 6.17 Å². The number of piperidine rings is 1. The number of nitrogens with zero attached hydrogens (tertiary/aromatic N) is 1. The summed E-state index contributed by atoms with van der Waals surface area (Å²) < 4.78 is 14.4. The molecule has 5 fully saturated rings. The van der Waals surface area contributed by atoms with Crippen LogP contribution < -0.4 is 16.1 Å². The number of hydrazine groups is 1. The minimum absolute atomic E-state index is 0.0247. The quantitative estimate of drug-likeness (QED) is 0.675. The summed E-state index contributed by atoms with van der Waals surface area (Å²) in [5.41, 5.74) is 3.56. The Bertz CT molecular complexity index is 585. The fraction of sp³-hybridized carbons (Fsp3) is 0.957. The van der Waals surface area contributed by atoms with Gasteiger partial charge in [0.2, 0.25) is 5.91 Å². The molecule has 29 heavy (non-hydrogen) atoms. The smallest absolute Gasteiger partial charge is 0.237 e. The highest BCUT2D eigenvalue weighted by Crippen LogP contribution is 2.41.